The van der Waals surface area contributed by atoms with Gasteiger partial charge >= 0.3 is 5.97 Å². The number of likely N-dealkylation sites (tertiary alicyclic amines) is 1. The SMILES string of the molecule is CCCC(=O)NC1CCN(C(=O)[C@@H]2C[C@@H]2C(=O)O)CC1. The van der Waals surface area contributed by atoms with Gasteiger partial charge in [-0.15, -0.1) is 0 Å². The minimum absolute atomic E-state index is 0.0317. The van der Waals surface area contributed by atoms with Gasteiger partial charge in [0.15, 0.2) is 0 Å². The molecule has 2 atom stereocenters. The number of carbonyl (C=O) groups is 3. The number of carboxylic acids is 1. The maximum Gasteiger partial charge on any atom is 0.307 e. The highest BCUT2D eigenvalue weighted by molar-refractivity contribution is 5.89. The highest BCUT2D eigenvalue weighted by Gasteiger charge is 2.50. The third-order valence-electron chi connectivity index (χ3n) is 4.07. The first-order valence-corrected chi connectivity index (χ1v) is 7.34. The average Bonchev–Trinajstić information content (AvgIpc) is 3.19. The zero-order valence-corrected chi connectivity index (χ0v) is 11.8. The predicted octanol–water partition coefficient (Wildman–Crippen LogP) is 0.614. The summed E-state index contributed by atoms with van der Waals surface area (Å²) in [6.45, 7) is 3.19. The van der Waals surface area contributed by atoms with Gasteiger partial charge in [0.25, 0.3) is 0 Å². The highest BCUT2D eigenvalue weighted by Crippen LogP contribution is 2.40. The number of aliphatic carboxylic acids is 1. The van der Waals surface area contributed by atoms with E-state index in [0.717, 1.165) is 19.3 Å². The second-order valence-electron chi connectivity index (χ2n) is 5.70. The van der Waals surface area contributed by atoms with Crippen LogP contribution in [0.4, 0.5) is 0 Å². The van der Waals surface area contributed by atoms with Crippen molar-refractivity contribution in [1.82, 2.24) is 10.2 Å². The van der Waals surface area contributed by atoms with E-state index in [1.54, 1.807) is 4.90 Å². The normalized spacial score (nSPS) is 26.1. The number of rotatable bonds is 5. The summed E-state index contributed by atoms with van der Waals surface area (Å²) in [7, 11) is 0. The van der Waals surface area contributed by atoms with Crippen molar-refractivity contribution < 1.29 is 19.5 Å². The molecule has 6 heteroatoms. The second-order valence-corrected chi connectivity index (χ2v) is 5.70. The van der Waals surface area contributed by atoms with E-state index >= 15 is 0 Å². The van der Waals surface area contributed by atoms with Gasteiger partial charge in [0.05, 0.1) is 11.8 Å². The Balaban J connectivity index is 1.73. The van der Waals surface area contributed by atoms with Crippen molar-refractivity contribution in [2.45, 2.75) is 45.1 Å². The smallest absolute Gasteiger partial charge is 0.307 e. The quantitative estimate of drug-likeness (QED) is 0.773. The van der Waals surface area contributed by atoms with Crippen LogP contribution in [0.1, 0.15) is 39.0 Å². The summed E-state index contributed by atoms with van der Waals surface area (Å²) in [6.07, 6.45) is 3.36. The maximum atomic E-state index is 12.1. The Hall–Kier alpha value is -1.59. The van der Waals surface area contributed by atoms with Gasteiger partial charge in [0.1, 0.15) is 0 Å². The van der Waals surface area contributed by atoms with Crippen molar-refractivity contribution in [3.8, 4) is 0 Å². The van der Waals surface area contributed by atoms with E-state index in [1.807, 2.05) is 6.92 Å². The molecule has 0 unspecified atom stereocenters. The number of piperidine rings is 1. The van der Waals surface area contributed by atoms with Crippen LogP contribution in [0.5, 0.6) is 0 Å². The van der Waals surface area contributed by atoms with E-state index in [-0.39, 0.29) is 23.8 Å². The summed E-state index contributed by atoms with van der Waals surface area (Å²) in [5, 5.41) is 11.8. The molecule has 112 valence electrons. The van der Waals surface area contributed by atoms with Crippen molar-refractivity contribution in [3.05, 3.63) is 0 Å². The van der Waals surface area contributed by atoms with Gasteiger partial charge in [0.2, 0.25) is 11.8 Å². The van der Waals surface area contributed by atoms with Gasteiger partial charge in [-0.2, -0.15) is 0 Å². The molecule has 2 aliphatic rings. The number of nitrogens with one attached hydrogen (secondary N) is 1. The zero-order chi connectivity index (χ0) is 14.7. The molecule has 1 heterocycles. The standard InChI is InChI=1S/C14H22N2O4/c1-2-3-12(17)15-9-4-6-16(7-5-9)13(18)10-8-11(10)14(19)20/h9-11H,2-8H2,1H3,(H,15,17)(H,19,20)/t10-,11+/m1/s1. The van der Waals surface area contributed by atoms with Crippen molar-refractivity contribution in [2.24, 2.45) is 11.8 Å². The maximum absolute atomic E-state index is 12.1. The van der Waals surface area contributed by atoms with E-state index < -0.39 is 11.9 Å². The van der Waals surface area contributed by atoms with Gasteiger partial charge in [-0.25, -0.2) is 0 Å². The summed E-state index contributed by atoms with van der Waals surface area (Å²) < 4.78 is 0. The molecule has 1 saturated heterocycles. The van der Waals surface area contributed by atoms with E-state index in [1.165, 1.54) is 0 Å². The van der Waals surface area contributed by atoms with E-state index in [4.69, 9.17) is 5.11 Å². The van der Waals surface area contributed by atoms with Gasteiger partial charge < -0.3 is 15.3 Å². The first-order chi connectivity index (χ1) is 9.52. The molecule has 0 aromatic carbocycles. The lowest BCUT2D eigenvalue weighted by molar-refractivity contribution is -0.142. The lowest BCUT2D eigenvalue weighted by Gasteiger charge is -2.32. The fourth-order valence-electron chi connectivity index (χ4n) is 2.75. The van der Waals surface area contributed by atoms with E-state index in [9.17, 15) is 14.4 Å². The van der Waals surface area contributed by atoms with Crippen LogP contribution in [0.15, 0.2) is 0 Å². The summed E-state index contributed by atoms with van der Waals surface area (Å²) in [4.78, 5) is 36.1. The Kier molecular flexibility index (Phi) is 4.62. The van der Waals surface area contributed by atoms with Gasteiger partial charge in [-0.05, 0) is 25.7 Å². The lowest BCUT2D eigenvalue weighted by Crippen LogP contribution is -2.47. The van der Waals surface area contributed by atoms with Crippen LogP contribution >= 0.6 is 0 Å². The number of hydrogen-bond donors (Lipinski definition) is 2. The topological polar surface area (TPSA) is 86.7 Å². The van der Waals surface area contributed by atoms with Crippen molar-refractivity contribution in [2.75, 3.05) is 13.1 Å². The second kappa shape index (κ2) is 6.24. The van der Waals surface area contributed by atoms with Crippen LogP contribution in [0.25, 0.3) is 0 Å². The van der Waals surface area contributed by atoms with E-state index in [2.05, 4.69) is 5.32 Å². The molecular weight excluding hydrogens is 260 g/mol. The number of carboxylic acid groups (broad SMARTS) is 1. The highest BCUT2D eigenvalue weighted by atomic mass is 16.4. The van der Waals surface area contributed by atoms with E-state index in [0.29, 0.717) is 25.9 Å². The fraction of sp³-hybridized carbons (Fsp3) is 0.786. The van der Waals surface area contributed by atoms with Gasteiger partial charge in [-0.1, -0.05) is 6.92 Å². The molecule has 0 bridgehead atoms. The van der Waals surface area contributed by atoms with Crippen LogP contribution in [0.2, 0.25) is 0 Å². The number of hydrogen-bond acceptors (Lipinski definition) is 3. The molecule has 1 saturated carbocycles. The Morgan fingerprint density at radius 1 is 1.20 bits per heavy atom. The molecule has 6 nitrogen and oxygen atoms in total. The third-order valence-corrected chi connectivity index (χ3v) is 4.07. The molecule has 0 radical (unpaired) electrons. The van der Waals surface area contributed by atoms with Crippen LogP contribution in [-0.4, -0.2) is 46.9 Å². The summed E-state index contributed by atoms with van der Waals surface area (Å²) in [5.74, 6) is -1.63. The van der Waals surface area contributed by atoms with Crippen LogP contribution < -0.4 is 5.32 Å². The number of nitrogens with zero attached hydrogens (tertiary/aromatic N) is 1. The Bertz CT molecular complexity index is 402. The molecule has 1 aliphatic heterocycles. The summed E-state index contributed by atoms with van der Waals surface area (Å²) in [5.41, 5.74) is 0. The predicted molar refractivity (Wildman–Crippen MR) is 71.9 cm³/mol. The minimum Gasteiger partial charge on any atom is -0.481 e. The average molecular weight is 282 g/mol. The lowest BCUT2D eigenvalue weighted by atomic mass is 10.0. The van der Waals surface area contributed by atoms with Crippen molar-refractivity contribution in [1.29, 1.82) is 0 Å². The molecule has 0 aromatic rings. The molecular formula is C14H22N2O4. The molecule has 1 aliphatic carbocycles. The Labute approximate surface area is 118 Å². The first kappa shape index (κ1) is 14.8. The molecule has 20 heavy (non-hydrogen) atoms. The summed E-state index contributed by atoms with van der Waals surface area (Å²) >= 11 is 0. The molecule has 2 amide bonds. The summed E-state index contributed by atoms with van der Waals surface area (Å²) in [6, 6.07) is 0.146. The largest absolute Gasteiger partial charge is 0.481 e. The Morgan fingerprint density at radius 2 is 1.85 bits per heavy atom. The number of carbonyl (C=O) groups excluding carboxylic acids is 2. The first-order valence-electron chi connectivity index (χ1n) is 7.34. The fourth-order valence-corrected chi connectivity index (χ4v) is 2.75. The third kappa shape index (κ3) is 3.49. The molecule has 2 N–H and O–H groups in total. The Morgan fingerprint density at radius 3 is 2.35 bits per heavy atom. The monoisotopic (exact) mass is 282 g/mol. The molecule has 2 fully saturated rings. The van der Waals surface area contributed by atoms with Crippen LogP contribution in [-0.2, 0) is 14.4 Å². The van der Waals surface area contributed by atoms with Crippen LogP contribution in [0, 0.1) is 11.8 Å². The van der Waals surface area contributed by atoms with Crippen molar-refractivity contribution in [3.63, 3.8) is 0 Å². The number of amides is 2. The molecule has 2 rings (SSSR count). The van der Waals surface area contributed by atoms with Gasteiger partial charge in [0, 0.05) is 25.6 Å². The molecule has 0 aromatic heterocycles. The van der Waals surface area contributed by atoms with Crippen LogP contribution in [0.3, 0.4) is 0 Å². The van der Waals surface area contributed by atoms with Crippen molar-refractivity contribution >= 4 is 17.8 Å². The molecule has 0 spiro atoms. The zero-order valence-electron chi connectivity index (χ0n) is 11.8. The minimum atomic E-state index is -0.870. The van der Waals surface area contributed by atoms with Gasteiger partial charge in [-0.3, -0.25) is 14.4 Å².